The molecule has 0 aliphatic rings. The molecule has 0 spiro atoms. The van der Waals surface area contributed by atoms with Crippen molar-refractivity contribution in [3.63, 3.8) is 0 Å². The summed E-state index contributed by atoms with van der Waals surface area (Å²) in [5.41, 5.74) is 3.68. The second kappa shape index (κ2) is 10.1. The first-order valence-corrected chi connectivity index (χ1v) is 10.3. The average Bonchev–Trinajstić information content (AvgIpc) is 3.10. The Bertz CT molecular complexity index is 1280. The van der Waals surface area contributed by atoms with Crippen molar-refractivity contribution in [2.45, 2.75) is 13.8 Å². The van der Waals surface area contributed by atoms with Crippen LogP contribution in [0.5, 0.6) is 5.75 Å². The molecule has 0 saturated heterocycles. The number of carbonyl (C=O) groups is 2. The molecule has 1 N–H and O–H groups in total. The lowest BCUT2D eigenvalue weighted by Gasteiger charge is -2.13. The lowest BCUT2D eigenvalue weighted by Crippen LogP contribution is -2.13. The molecule has 0 saturated carbocycles. The van der Waals surface area contributed by atoms with Crippen molar-refractivity contribution in [3.8, 4) is 17.5 Å². The van der Waals surface area contributed by atoms with Crippen molar-refractivity contribution in [2.24, 2.45) is 0 Å². The molecule has 7 nitrogen and oxygen atoms in total. The molecule has 0 aliphatic heterocycles. The van der Waals surface area contributed by atoms with E-state index in [-0.39, 0.29) is 5.57 Å². The van der Waals surface area contributed by atoms with Gasteiger partial charge in [-0.2, -0.15) is 5.26 Å². The van der Waals surface area contributed by atoms with E-state index in [1.165, 1.54) is 13.2 Å². The molecule has 33 heavy (non-hydrogen) atoms. The molecule has 1 heterocycles. The molecular weight excluding hydrogens is 442 g/mol. The normalized spacial score (nSPS) is 11.0. The van der Waals surface area contributed by atoms with E-state index in [9.17, 15) is 14.9 Å². The Labute approximate surface area is 196 Å². The lowest BCUT2D eigenvalue weighted by atomic mass is 10.1. The van der Waals surface area contributed by atoms with Crippen LogP contribution in [0.15, 0.2) is 54.1 Å². The smallest absolute Gasteiger partial charge is 0.337 e. The van der Waals surface area contributed by atoms with Crippen molar-refractivity contribution in [2.75, 3.05) is 19.5 Å². The van der Waals surface area contributed by atoms with Gasteiger partial charge in [0.15, 0.2) is 0 Å². The van der Waals surface area contributed by atoms with E-state index in [0.29, 0.717) is 33.3 Å². The predicted octanol–water partition coefficient (Wildman–Crippen LogP) is 5.09. The number of aromatic nitrogens is 1. The standard InChI is InChI=1S/C25H22ClN3O4/c1-15-11-18(12-19(14-27)24(30)28-20-6-8-21(32-3)9-7-20)16(2)29(15)23-13-17(25(31)33-4)5-10-22(23)26/h5-13H,1-4H3,(H,28,30)/b19-12-. The van der Waals surface area contributed by atoms with Crippen molar-refractivity contribution in [1.29, 1.82) is 5.26 Å². The maximum Gasteiger partial charge on any atom is 0.337 e. The van der Waals surface area contributed by atoms with Gasteiger partial charge < -0.3 is 19.4 Å². The number of hydrogen-bond donors (Lipinski definition) is 1. The number of methoxy groups -OCH3 is 2. The highest BCUT2D eigenvalue weighted by Gasteiger charge is 2.17. The summed E-state index contributed by atoms with van der Waals surface area (Å²) in [6.45, 7) is 3.71. The van der Waals surface area contributed by atoms with Gasteiger partial charge in [0.1, 0.15) is 17.4 Å². The van der Waals surface area contributed by atoms with Gasteiger partial charge in [-0.05, 0) is 74.0 Å². The fourth-order valence-corrected chi connectivity index (χ4v) is 3.61. The number of halogens is 1. The average molecular weight is 464 g/mol. The van der Waals surface area contributed by atoms with Gasteiger partial charge in [0.2, 0.25) is 0 Å². The SMILES string of the molecule is COC(=O)c1ccc(Cl)c(-n2c(C)cc(/C=C(/C#N)C(=O)Nc3ccc(OC)cc3)c2C)c1. The summed E-state index contributed by atoms with van der Waals surface area (Å²) in [6.07, 6.45) is 1.52. The maximum atomic E-state index is 12.7. The fraction of sp³-hybridized carbons (Fsp3) is 0.160. The van der Waals surface area contributed by atoms with E-state index in [0.717, 1.165) is 11.4 Å². The Balaban J connectivity index is 1.96. The van der Waals surface area contributed by atoms with Crippen LogP contribution in [0.2, 0.25) is 5.02 Å². The second-order valence-corrected chi connectivity index (χ2v) is 7.58. The van der Waals surface area contributed by atoms with E-state index >= 15 is 0 Å². The van der Waals surface area contributed by atoms with Gasteiger partial charge in [0.05, 0.1) is 30.5 Å². The van der Waals surface area contributed by atoms with Crippen molar-refractivity contribution in [3.05, 3.63) is 81.6 Å². The third-order valence-electron chi connectivity index (χ3n) is 5.09. The topological polar surface area (TPSA) is 93.4 Å². The van der Waals surface area contributed by atoms with Crippen LogP contribution < -0.4 is 10.1 Å². The summed E-state index contributed by atoms with van der Waals surface area (Å²) in [5.74, 6) is -0.345. The maximum absolute atomic E-state index is 12.7. The molecule has 0 fully saturated rings. The lowest BCUT2D eigenvalue weighted by molar-refractivity contribution is -0.112. The van der Waals surface area contributed by atoms with E-state index in [4.69, 9.17) is 21.1 Å². The zero-order chi connectivity index (χ0) is 24.1. The third kappa shape index (κ3) is 5.08. The number of benzene rings is 2. The van der Waals surface area contributed by atoms with Crippen LogP contribution in [0, 0.1) is 25.2 Å². The molecule has 0 atom stereocenters. The number of nitrogens with one attached hydrogen (secondary N) is 1. The van der Waals surface area contributed by atoms with Crippen molar-refractivity contribution >= 4 is 35.2 Å². The van der Waals surface area contributed by atoms with Crippen LogP contribution in [0.25, 0.3) is 11.8 Å². The second-order valence-electron chi connectivity index (χ2n) is 7.17. The highest BCUT2D eigenvalue weighted by Crippen LogP contribution is 2.29. The van der Waals surface area contributed by atoms with Gasteiger partial charge in [-0.15, -0.1) is 0 Å². The zero-order valence-corrected chi connectivity index (χ0v) is 19.4. The Kier molecular flexibility index (Phi) is 7.21. The highest BCUT2D eigenvalue weighted by atomic mass is 35.5. The molecular formula is C25H22ClN3O4. The monoisotopic (exact) mass is 463 g/mol. The first-order chi connectivity index (χ1) is 15.8. The van der Waals surface area contributed by atoms with E-state index in [1.807, 2.05) is 30.6 Å². The summed E-state index contributed by atoms with van der Waals surface area (Å²) in [5, 5.41) is 12.7. The van der Waals surface area contributed by atoms with E-state index in [1.54, 1.807) is 49.6 Å². The number of anilines is 1. The van der Waals surface area contributed by atoms with Crippen LogP contribution >= 0.6 is 11.6 Å². The molecule has 168 valence electrons. The van der Waals surface area contributed by atoms with Crippen molar-refractivity contribution < 1.29 is 19.1 Å². The van der Waals surface area contributed by atoms with Crippen LogP contribution in [0.3, 0.4) is 0 Å². The largest absolute Gasteiger partial charge is 0.497 e. The molecule has 0 bridgehead atoms. The molecule has 8 heteroatoms. The van der Waals surface area contributed by atoms with Crippen LogP contribution in [-0.2, 0) is 9.53 Å². The fourth-order valence-electron chi connectivity index (χ4n) is 3.41. The van der Waals surface area contributed by atoms with Gasteiger partial charge in [-0.1, -0.05) is 11.6 Å². The van der Waals surface area contributed by atoms with Gasteiger partial charge in [0, 0.05) is 17.1 Å². The number of rotatable bonds is 6. The molecule has 0 radical (unpaired) electrons. The quantitative estimate of drug-likeness (QED) is 0.312. The van der Waals surface area contributed by atoms with Crippen molar-refractivity contribution in [1.82, 2.24) is 4.57 Å². The minimum absolute atomic E-state index is 0.0551. The number of hydrogen-bond acceptors (Lipinski definition) is 5. The number of nitrogens with zero attached hydrogens (tertiary/aromatic N) is 2. The van der Waals surface area contributed by atoms with Crippen LogP contribution in [-0.4, -0.2) is 30.7 Å². The molecule has 2 aromatic carbocycles. The van der Waals surface area contributed by atoms with Gasteiger partial charge in [0.25, 0.3) is 5.91 Å². The number of nitriles is 1. The highest BCUT2D eigenvalue weighted by molar-refractivity contribution is 6.32. The van der Waals surface area contributed by atoms with Gasteiger partial charge in [-0.3, -0.25) is 4.79 Å². The van der Waals surface area contributed by atoms with E-state index < -0.39 is 11.9 Å². The number of esters is 1. The van der Waals surface area contributed by atoms with Crippen LogP contribution in [0.1, 0.15) is 27.3 Å². The minimum atomic E-state index is -0.529. The summed E-state index contributed by atoms with van der Waals surface area (Å²) in [6, 6.07) is 15.5. The van der Waals surface area contributed by atoms with Gasteiger partial charge in [-0.25, -0.2) is 4.79 Å². The third-order valence-corrected chi connectivity index (χ3v) is 5.41. The molecule has 0 aliphatic carbocycles. The minimum Gasteiger partial charge on any atom is -0.497 e. The number of aryl methyl sites for hydroxylation is 1. The summed E-state index contributed by atoms with van der Waals surface area (Å²) in [7, 11) is 2.87. The predicted molar refractivity (Wildman–Crippen MR) is 127 cm³/mol. The summed E-state index contributed by atoms with van der Waals surface area (Å²) >= 11 is 6.41. The first-order valence-electron chi connectivity index (χ1n) is 9.93. The van der Waals surface area contributed by atoms with Crippen LogP contribution in [0.4, 0.5) is 5.69 Å². The molecule has 1 aromatic heterocycles. The Morgan fingerprint density at radius 2 is 1.79 bits per heavy atom. The van der Waals surface area contributed by atoms with Gasteiger partial charge >= 0.3 is 5.97 Å². The molecule has 3 aromatic rings. The zero-order valence-electron chi connectivity index (χ0n) is 18.6. The summed E-state index contributed by atoms with van der Waals surface area (Å²) < 4.78 is 11.8. The Hall–Kier alpha value is -4.02. The molecule has 0 unspecified atom stereocenters. The summed E-state index contributed by atoms with van der Waals surface area (Å²) in [4.78, 5) is 24.6. The number of carbonyl (C=O) groups excluding carboxylic acids is 2. The number of amides is 1. The Morgan fingerprint density at radius 1 is 1.09 bits per heavy atom. The number of ether oxygens (including phenoxy) is 2. The molecule has 1 amide bonds. The Morgan fingerprint density at radius 3 is 2.39 bits per heavy atom. The van der Waals surface area contributed by atoms with E-state index in [2.05, 4.69) is 5.32 Å². The molecule has 3 rings (SSSR count). The first kappa shape index (κ1) is 23.6.